The zero-order valence-electron chi connectivity index (χ0n) is 10.7. The zero-order chi connectivity index (χ0) is 14.8. The predicted molar refractivity (Wildman–Crippen MR) is 68.4 cm³/mol. The van der Waals surface area contributed by atoms with Crippen molar-refractivity contribution in [2.75, 3.05) is 0 Å². The molecule has 4 N–H and O–H groups in total. The van der Waals surface area contributed by atoms with Crippen LogP contribution < -0.4 is 11.1 Å². The van der Waals surface area contributed by atoms with E-state index in [0.717, 1.165) is 18.9 Å². The molecule has 0 radical (unpaired) electrons. The molecule has 20 heavy (non-hydrogen) atoms. The number of rotatable bonds is 3. The van der Waals surface area contributed by atoms with Crippen molar-refractivity contribution in [1.82, 2.24) is 5.32 Å². The Morgan fingerprint density at radius 3 is 2.60 bits per heavy atom. The molecule has 1 aromatic rings. The van der Waals surface area contributed by atoms with Gasteiger partial charge in [0.1, 0.15) is 5.54 Å². The number of halogens is 2. The van der Waals surface area contributed by atoms with Gasteiger partial charge in [0.15, 0.2) is 17.5 Å². The molecule has 1 fully saturated rings. The van der Waals surface area contributed by atoms with E-state index in [0.29, 0.717) is 12.8 Å². The highest BCUT2D eigenvalue weighted by molar-refractivity contribution is 6.00. The molecule has 0 saturated heterocycles. The van der Waals surface area contributed by atoms with Gasteiger partial charge >= 0.3 is 0 Å². The molecule has 1 amide bonds. The van der Waals surface area contributed by atoms with Crippen LogP contribution in [0.4, 0.5) is 8.78 Å². The van der Waals surface area contributed by atoms with Crippen LogP contribution >= 0.6 is 0 Å². The van der Waals surface area contributed by atoms with Crippen molar-refractivity contribution in [1.29, 1.82) is 0 Å². The average Bonchev–Trinajstić information content (AvgIpc) is 2.90. The molecule has 1 aliphatic carbocycles. The number of hydrogen-bond donors (Lipinski definition) is 3. The fourth-order valence-corrected chi connectivity index (χ4v) is 2.48. The summed E-state index contributed by atoms with van der Waals surface area (Å²) in [5.74, 6) is -3.21. The average molecular weight is 283 g/mol. The Balaban J connectivity index is 2.28. The van der Waals surface area contributed by atoms with Crippen molar-refractivity contribution < 1.29 is 18.8 Å². The van der Waals surface area contributed by atoms with Gasteiger partial charge in [-0.05, 0) is 25.0 Å². The highest BCUT2D eigenvalue weighted by Crippen LogP contribution is 2.30. The molecule has 1 aromatic carbocycles. The second kappa shape index (κ2) is 5.44. The largest absolute Gasteiger partial charge is 0.409 e. The number of amidine groups is 1. The second-order valence-corrected chi connectivity index (χ2v) is 4.83. The normalized spacial score (nSPS) is 18.0. The third-order valence-corrected chi connectivity index (χ3v) is 3.60. The highest BCUT2D eigenvalue weighted by Gasteiger charge is 2.40. The zero-order valence-corrected chi connectivity index (χ0v) is 10.7. The molecule has 5 nitrogen and oxygen atoms in total. The maximum atomic E-state index is 13.6. The lowest BCUT2D eigenvalue weighted by Gasteiger charge is -2.28. The van der Waals surface area contributed by atoms with Crippen LogP contribution in [0.3, 0.4) is 0 Å². The number of carbonyl (C=O) groups is 1. The number of nitrogens with two attached hydrogens (primary N) is 1. The Hall–Kier alpha value is -2.18. The lowest BCUT2D eigenvalue weighted by Crippen LogP contribution is -2.55. The van der Waals surface area contributed by atoms with Gasteiger partial charge in [-0.25, -0.2) is 8.78 Å². The first kappa shape index (κ1) is 14.2. The molecule has 108 valence electrons. The van der Waals surface area contributed by atoms with E-state index in [9.17, 15) is 13.6 Å². The Morgan fingerprint density at radius 2 is 2.00 bits per heavy atom. The van der Waals surface area contributed by atoms with E-state index in [1.165, 1.54) is 12.1 Å². The molecular formula is C13H15F2N3O2. The molecule has 2 rings (SSSR count). The van der Waals surface area contributed by atoms with E-state index >= 15 is 0 Å². The van der Waals surface area contributed by atoms with Gasteiger partial charge in [0.25, 0.3) is 5.91 Å². The van der Waals surface area contributed by atoms with Gasteiger partial charge in [-0.2, -0.15) is 0 Å². The van der Waals surface area contributed by atoms with Crippen molar-refractivity contribution >= 4 is 11.7 Å². The summed E-state index contributed by atoms with van der Waals surface area (Å²) in [6.07, 6.45) is 2.57. The lowest BCUT2D eigenvalue weighted by atomic mass is 9.95. The van der Waals surface area contributed by atoms with E-state index in [1.54, 1.807) is 0 Å². The standard InChI is InChI=1S/C13H15F2N3O2/c14-9-5-3-4-8(10(9)15)11(19)17-13(12(16)18-20)6-1-2-7-13/h3-5,20H,1-2,6-7H2,(H2,16,18)(H,17,19). The maximum absolute atomic E-state index is 13.6. The van der Waals surface area contributed by atoms with Crippen LogP contribution in [0.5, 0.6) is 0 Å². The number of oxime groups is 1. The van der Waals surface area contributed by atoms with E-state index in [4.69, 9.17) is 10.9 Å². The quantitative estimate of drug-likeness (QED) is 0.342. The number of benzene rings is 1. The molecule has 1 aliphatic rings. The minimum atomic E-state index is -1.21. The Kier molecular flexibility index (Phi) is 3.87. The van der Waals surface area contributed by atoms with E-state index in [2.05, 4.69) is 10.5 Å². The van der Waals surface area contributed by atoms with Crippen molar-refractivity contribution in [3.05, 3.63) is 35.4 Å². The highest BCUT2D eigenvalue weighted by atomic mass is 19.2. The third-order valence-electron chi connectivity index (χ3n) is 3.60. The van der Waals surface area contributed by atoms with Crippen LogP contribution in [0, 0.1) is 11.6 Å². The topological polar surface area (TPSA) is 87.7 Å². The third kappa shape index (κ3) is 2.43. The minimum Gasteiger partial charge on any atom is -0.409 e. The molecule has 7 heteroatoms. The molecule has 0 aromatic heterocycles. The van der Waals surface area contributed by atoms with Crippen LogP contribution in [0.1, 0.15) is 36.0 Å². The summed E-state index contributed by atoms with van der Waals surface area (Å²) in [5, 5.41) is 14.3. The summed E-state index contributed by atoms with van der Waals surface area (Å²) < 4.78 is 26.7. The first-order valence-electron chi connectivity index (χ1n) is 6.25. The van der Waals surface area contributed by atoms with Crippen molar-refractivity contribution in [2.45, 2.75) is 31.2 Å². The van der Waals surface area contributed by atoms with E-state index in [1.807, 2.05) is 0 Å². The SMILES string of the molecule is NC(=NO)C1(NC(=O)c2cccc(F)c2F)CCCC1. The summed E-state index contributed by atoms with van der Waals surface area (Å²) in [6, 6.07) is 3.36. The Labute approximate surface area is 114 Å². The minimum absolute atomic E-state index is 0.125. The van der Waals surface area contributed by atoms with Gasteiger partial charge in [-0.3, -0.25) is 4.79 Å². The van der Waals surface area contributed by atoms with Crippen LogP contribution in [-0.4, -0.2) is 22.5 Å². The van der Waals surface area contributed by atoms with Gasteiger partial charge in [0, 0.05) is 0 Å². The summed E-state index contributed by atoms with van der Waals surface area (Å²) in [4.78, 5) is 12.1. The smallest absolute Gasteiger partial charge is 0.255 e. The van der Waals surface area contributed by atoms with Gasteiger partial charge in [0.05, 0.1) is 5.56 Å². The summed E-state index contributed by atoms with van der Waals surface area (Å²) in [6.45, 7) is 0. The van der Waals surface area contributed by atoms with Crippen LogP contribution in [0.2, 0.25) is 0 Å². The molecule has 0 bridgehead atoms. The Bertz CT molecular complexity index is 555. The maximum Gasteiger partial charge on any atom is 0.255 e. The van der Waals surface area contributed by atoms with Crippen LogP contribution in [0.25, 0.3) is 0 Å². The molecule has 0 heterocycles. The van der Waals surface area contributed by atoms with Crippen LogP contribution in [-0.2, 0) is 0 Å². The summed E-state index contributed by atoms with van der Waals surface area (Å²) in [7, 11) is 0. The van der Waals surface area contributed by atoms with E-state index < -0.39 is 28.6 Å². The molecular weight excluding hydrogens is 268 g/mol. The molecule has 0 unspecified atom stereocenters. The predicted octanol–water partition coefficient (Wildman–Crippen LogP) is 1.75. The van der Waals surface area contributed by atoms with Gasteiger partial charge in [-0.1, -0.05) is 24.1 Å². The number of amides is 1. The first-order chi connectivity index (χ1) is 9.50. The van der Waals surface area contributed by atoms with Gasteiger partial charge < -0.3 is 16.3 Å². The number of nitrogens with one attached hydrogen (secondary N) is 1. The Morgan fingerprint density at radius 1 is 1.35 bits per heavy atom. The van der Waals surface area contributed by atoms with Crippen molar-refractivity contribution in [3.63, 3.8) is 0 Å². The van der Waals surface area contributed by atoms with Gasteiger partial charge in [-0.15, -0.1) is 0 Å². The number of nitrogens with zero attached hydrogens (tertiary/aromatic N) is 1. The van der Waals surface area contributed by atoms with Gasteiger partial charge in [0.2, 0.25) is 0 Å². The van der Waals surface area contributed by atoms with E-state index in [-0.39, 0.29) is 5.84 Å². The lowest BCUT2D eigenvalue weighted by molar-refractivity contribution is 0.0917. The van der Waals surface area contributed by atoms with Crippen molar-refractivity contribution in [3.8, 4) is 0 Å². The number of carbonyl (C=O) groups excluding carboxylic acids is 1. The fourth-order valence-electron chi connectivity index (χ4n) is 2.48. The van der Waals surface area contributed by atoms with Crippen LogP contribution in [0.15, 0.2) is 23.4 Å². The summed E-state index contributed by atoms with van der Waals surface area (Å²) in [5.41, 5.74) is 4.23. The second-order valence-electron chi connectivity index (χ2n) is 4.83. The molecule has 0 atom stereocenters. The fraction of sp³-hybridized carbons (Fsp3) is 0.385. The molecule has 1 saturated carbocycles. The molecule has 0 spiro atoms. The first-order valence-corrected chi connectivity index (χ1v) is 6.25. The summed E-state index contributed by atoms with van der Waals surface area (Å²) >= 11 is 0. The number of hydrogen-bond acceptors (Lipinski definition) is 3. The van der Waals surface area contributed by atoms with Crippen molar-refractivity contribution in [2.24, 2.45) is 10.9 Å². The monoisotopic (exact) mass is 283 g/mol. The molecule has 0 aliphatic heterocycles.